The molecule has 3 rings (SSSR count). The number of aromatic nitrogens is 2. The van der Waals surface area contributed by atoms with Crippen molar-refractivity contribution in [2.24, 2.45) is 0 Å². The van der Waals surface area contributed by atoms with Crippen LogP contribution in [0.3, 0.4) is 0 Å². The average molecular weight is 377 g/mol. The van der Waals surface area contributed by atoms with Gasteiger partial charge < -0.3 is 10.6 Å². The van der Waals surface area contributed by atoms with E-state index in [1.54, 1.807) is 12.1 Å². The lowest BCUT2D eigenvalue weighted by molar-refractivity contribution is -0.119. The summed E-state index contributed by atoms with van der Waals surface area (Å²) in [6.45, 7) is 3.40. The molecule has 8 heteroatoms. The Balaban J connectivity index is 1.52. The molecule has 1 aliphatic rings. The second-order valence-electron chi connectivity index (χ2n) is 6.05. The maximum absolute atomic E-state index is 12.3. The number of Topliss-reactive ketones (excluding diaryl/α,β-unsaturated/α-hetero) is 1. The van der Waals surface area contributed by atoms with Crippen LogP contribution in [-0.2, 0) is 4.79 Å². The van der Waals surface area contributed by atoms with Gasteiger partial charge in [-0.2, -0.15) is 0 Å². The van der Waals surface area contributed by atoms with E-state index in [2.05, 4.69) is 20.8 Å². The van der Waals surface area contributed by atoms with Gasteiger partial charge in [0.05, 0.1) is 11.8 Å². The Hall–Kier alpha value is -1.93. The third kappa shape index (κ3) is 5.27. The number of nitrogens with one attached hydrogen (secondary N) is 2. The van der Waals surface area contributed by atoms with Crippen LogP contribution >= 0.6 is 23.1 Å². The summed E-state index contributed by atoms with van der Waals surface area (Å²) < 4.78 is 0.799. The highest BCUT2D eigenvalue weighted by Crippen LogP contribution is 2.30. The smallest absolute Gasteiger partial charge is 0.217 e. The standard InChI is InChI=1S/C17H20N4O2S2/c1-10(18-11(2)22)12-3-5-13(6-4-12)15(23)9-24-17-21-20-16(25-17)19-14-7-8-14/h3-6,10,14H,7-9H2,1-2H3,(H,18,22)(H,19,20). The van der Waals surface area contributed by atoms with Crippen LogP contribution in [0.25, 0.3) is 0 Å². The van der Waals surface area contributed by atoms with Gasteiger partial charge in [0.1, 0.15) is 0 Å². The molecule has 6 nitrogen and oxygen atoms in total. The number of ketones is 1. The molecule has 0 spiro atoms. The minimum Gasteiger partial charge on any atom is -0.357 e. The predicted molar refractivity (Wildman–Crippen MR) is 100 cm³/mol. The first-order valence-electron chi connectivity index (χ1n) is 8.14. The summed E-state index contributed by atoms with van der Waals surface area (Å²) in [5.41, 5.74) is 1.63. The molecule has 25 heavy (non-hydrogen) atoms. The van der Waals surface area contributed by atoms with E-state index in [9.17, 15) is 9.59 Å². The van der Waals surface area contributed by atoms with Crippen LogP contribution in [0.1, 0.15) is 48.7 Å². The van der Waals surface area contributed by atoms with E-state index in [0.717, 1.165) is 15.0 Å². The van der Waals surface area contributed by atoms with Crippen LogP contribution in [0.5, 0.6) is 0 Å². The van der Waals surface area contributed by atoms with Gasteiger partial charge in [0.2, 0.25) is 11.0 Å². The minimum absolute atomic E-state index is 0.0515. The van der Waals surface area contributed by atoms with E-state index in [1.807, 2.05) is 19.1 Å². The fourth-order valence-corrected chi connectivity index (χ4v) is 4.01. The van der Waals surface area contributed by atoms with Crippen LogP contribution in [0.15, 0.2) is 28.6 Å². The number of rotatable bonds is 8. The minimum atomic E-state index is -0.0743. The van der Waals surface area contributed by atoms with Crippen LogP contribution in [-0.4, -0.2) is 33.7 Å². The van der Waals surface area contributed by atoms with Gasteiger partial charge >= 0.3 is 0 Å². The lowest BCUT2D eigenvalue weighted by Crippen LogP contribution is -2.23. The second kappa shape index (κ2) is 7.97. The Morgan fingerprint density at radius 2 is 2.00 bits per heavy atom. The van der Waals surface area contributed by atoms with Crippen molar-refractivity contribution in [2.75, 3.05) is 11.1 Å². The highest BCUT2D eigenvalue weighted by Gasteiger charge is 2.22. The molecule has 132 valence electrons. The van der Waals surface area contributed by atoms with Crippen molar-refractivity contribution in [1.82, 2.24) is 15.5 Å². The normalized spacial score (nSPS) is 14.8. The molecule has 2 N–H and O–H groups in total. The Bertz CT molecular complexity index is 756. The van der Waals surface area contributed by atoms with Crippen molar-refractivity contribution >= 4 is 39.9 Å². The summed E-state index contributed by atoms with van der Waals surface area (Å²) in [7, 11) is 0. The van der Waals surface area contributed by atoms with Crippen LogP contribution in [0, 0.1) is 0 Å². The summed E-state index contributed by atoms with van der Waals surface area (Å²) >= 11 is 2.90. The van der Waals surface area contributed by atoms with E-state index in [0.29, 0.717) is 17.4 Å². The molecule has 1 aromatic heterocycles. The molecule has 0 radical (unpaired) electrons. The van der Waals surface area contributed by atoms with Crippen molar-refractivity contribution in [2.45, 2.75) is 43.1 Å². The molecule has 1 aliphatic carbocycles. The number of anilines is 1. The number of benzene rings is 1. The number of carbonyl (C=O) groups is 2. The highest BCUT2D eigenvalue weighted by molar-refractivity contribution is 8.01. The van der Waals surface area contributed by atoms with E-state index in [-0.39, 0.29) is 17.7 Å². The molecule has 1 fully saturated rings. The molecule has 1 aromatic carbocycles. The average Bonchev–Trinajstić information content (AvgIpc) is 3.28. The SMILES string of the molecule is CC(=O)NC(C)c1ccc(C(=O)CSc2nnc(NC3CC3)s2)cc1. The van der Waals surface area contributed by atoms with Crippen LogP contribution in [0.4, 0.5) is 5.13 Å². The van der Waals surface area contributed by atoms with E-state index >= 15 is 0 Å². The zero-order valence-corrected chi connectivity index (χ0v) is 15.7. The van der Waals surface area contributed by atoms with Gasteiger partial charge in [-0.1, -0.05) is 47.4 Å². The third-order valence-electron chi connectivity index (χ3n) is 3.79. The Kier molecular flexibility index (Phi) is 5.70. The first kappa shape index (κ1) is 17.9. The summed E-state index contributed by atoms with van der Waals surface area (Å²) in [6.07, 6.45) is 2.38. The fourth-order valence-electron chi connectivity index (χ4n) is 2.29. The first-order chi connectivity index (χ1) is 12.0. The molecule has 0 saturated heterocycles. The molecule has 1 unspecified atom stereocenters. The maximum Gasteiger partial charge on any atom is 0.217 e. The number of nitrogens with zero attached hydrogens (tertiary/aromatic N) is 2. The fraction of sp³-hybridized carbons (Fsp3) is 0.412. The zero-order chi connectivity index (χ0) is 17.8. The number of amides is 1. The second-order valence-corrected chi connectivity index (χ2v) is 8.25. The van der Waals surface area contributed by atoms with Gasteiger partial charge in [-0.25, -0.2) is 0 Å². The van der Waals surface area contributed by atoms with Crippen LogP contribution in [0.2, 0.25) is 0 Å². The van der Waals surface area contributed by atoms with E-state index < -0.39 is 0 Å². The Labute approximate surface area is 154 Å². The molecule has 1 amide bonds. The molecule has 1 saturated carbocycles. The number of hydrogen-bond donors (Lipinski definition) is 2. The lowest BCUT2D eigenvalue weighted by atomic mass is 10.0. The zero-order valence-electron chi connectivity index (χ0n) is 14.1. The van der Waals surface area contributed by atoms with Gasteiger partial charge in [0, 0.05) is 18.5 Å². The van der Waals surface area contributed by atoms with Gasteiger partial charge in [0.15, 0.2) is 10.1 Å². The largest absolute Gasteiger partial charge is 0.357 e. The lowest BCUT2D eigenvalue weighted by Gasteiger charge is -2.13. The number of carbonyl (C=O) groups excluding carboxylic acids is 2. The van der Waals surface area contributed by atoms with Crippen molar-refractivity contribution in [1.29, 1.82) is 0 Å². The molecule has 1 atom stereocenters. The van der Waals surface area contributed by atoms with Crippen molar-refractivity contribution in [3.05, 3.63) is 35.4 Å². The molecule has 2 aromatic rings. The van der Waals surface area contributed by atoms with Crippen molar-refractivity contribution in [3.8, 4) is 0 Å². The summed E-state index contributed by atoms with van der Waals surface area (Å²) in [5.74, 6) is 0.311. The monoisotopic (exact) mass is 376 g/mol. The molecule has 0 aliphatic heterocycles. The van der Waals surface area contributed by atoms with Gasteiger partial charge in [-0.05, 0) is 25.3 Å². The molecule has 1 heterocycles. The molecular weight excluding hydrogens is 356 g/mol. The summed E-state index contributed by atoms with van der Waals surface area (Å²) in [4.78, 5) is 23.4. The highest BCUT2D eigenvalue weighted by atomic mass is 32.2. The maximum atomic E-state index is 12.3. The molecule has 0 bridgehead atoms. The van der Waals surface area contributed by atoms with E-state index in [4.69, 9.17) is 0 Å². The first-order valence-corrected chi connectivity index (χ1v) is 9.94. The molecular formula is C17H20N4O2S2. The van der Waals surface area contributed by atoms with E-state index in [1.165, 1.54) is 42.9 Å². The quantitative estimate of drug-likeness (QED) is 0.543. The van der Waals surface area contributed by atoms with Gasteiger partial charge in [0.25, 0.3) is 0 Å². The van der Waals surface area contributed by atoms with Crippen molar-refractivity contribution in [3.63, 3.8) is 0 Å². The summed E-state index contributed by atoms with van der Waals surface area (Å²) in [5, 5.41) is 15.2. The predicted octanol–water partition coefficient (Wildman–Crippen LogP) is 3.28. The van der Waals surface area contributed by atoms with Crippen molar-refractivity contribution < 1.29 is 9.59 Å². The number of thioether (sulfide) groups is 1. The van der Waals surface area contributed by atoms with Crippen LogP contribution < -0.4 is 10.6 Å². The summed E-state index contributed by atoms with van der Waals surface area (Å²) in [6, 6.07) is 7.83. The van der Waals surface area contributed by atoms with Gasteiger partial charge in [-0.15, -0.1) is 10.2 Å². The topological polar surface area (TPSA) is 84.0 Å². The van der Waals surface area contributed by atoms with Gasteiger partial charge in [-0.3, -0.25) is 9.59 Å². The Morgan fingerprint density at radius 3 is 2.64 bits per heavy atom. The number of hydrogen-bond acceptors (Lipinski definition) is 7. The third-order valence-corrected chi connectivity index (χ3v) is 5.78. The Morgan fingerprint density at radius 1 is 1.28 bits per heavy atom.